The summed E-state index contributed by atoms with van der Waals surface area (Å²) in [6.07, 6.45) is -0.258. The maximum Gasteiger partial charge on any atom is 0.410 e. The van der Waals surface area contributed by atoms with E-state index in [1.807, 2.05) is 25.7 Å². The van der Waals surface area contributed by atoms with Gasteiger partial charge in [0.25, 0.3) is 6.43 Å². The van der Waals surface area contributed by atoms with Gasteiger partial charge in [-0.3, -0.25) is 4.98 Å². The van der Waals surface area contributed by atoms with Gasteiger partial charge in [-0.05, 0) is 64.3 Å². The molecular weight excluding hydrogens is 640 g/mol. The number of anilines is 1. The van der Waals surface area contributed by atoms with Gasteiger partial charge in [0, 0.05) is 55.4 Å². The molecule has 2 aromatic heterocycles. The number of halogens is 4. The lowest BCUT2D eigenvalue weighted by Gasteiger charge is -2.28. The number of hydrogen-bond acceptors (Lipinski definition) is 8. The fourth-order valence-electron chi connectivity index (χ4n) is 6.70. The molecule has 4 heterocycles. The van der Waals surface area contributed by atoms with Gasteiger partial charge in [-0.2, -0.15) is 9.97 Å². The third-order valence-corrected chi connectivity index (χ3v) is 9.14. The highest BCUT2D eigenvalue weighted by Gasteiger charge is 2.34. The molecule has 262 valence electrons. The number of carbonyl (C=O) groups excluding carboxylic acids is 1. The number of fused-ring (bicyclic) bond motifs is 2. The molecule has 2 fully saturated rings. The van der Waals surface area contributed by atoms with E-state index in [2.05, 4.69) is 15.3 Å². The molecule has 1 N–H and O–H groups in total. The molecule has 0 bridgehead atoms. The Balaban J connectivity index is 1.40. The van der Waals surface area contributed by atoms with Gasteiger partial charge in [-0.25, -0.2) is 22.4 Å². The van der Waals surface area contributed by atoms with Crippen molar-refractivity contribution in [2.24, 2.45) is 5.92 Å². The van der Waals surface area contributed by atoms with E-state index in [4.69, 9.17) is 14.5 Å². The van der Waals surface area contributed by atoms with Crippen molar-refractivity contribution >= 4 is 33.6 Å². The molecule has 2 aliphatic rings. The molecule has 2 aromatic carbocycles. The number of pyridine rings is 1. The molecule has 6 rings (SSSR count). The molecule has 49 heavy (non-hydrogen) atoms. The van der Waals surface area contributed by atoms with Crippen LogP contribution in [0, 0.1) is 11.7 Å². The first-order chi connectivity index (χ1) is 23.4. The van der Waals surface area contributed by atoms with E-state index in [0.717, 1.165) is 12.8 Å². The van der Waals surface area contributed by atoms with Crippen LogP contribution in [-0.4, -0.2) is 83.6 Å². The summed E-state index contributed by atoms with van der Waals surface area (Å²) in [7, 11) is 1.80. The monoisotopic (exact) mass is 682 g/mol. The van der Waals surface area contributed by atoms with Crippen LogP contribution in [0.2, 0.25) is 0 Å². The predicted molar refractivity (Wildman–Crippen MR) is 180 cm³/mol. The van der Waals surface area contributed by atoms with Crippen LogP contribution in [0.5, 0.6) is 6.01 Å². The van der Waals surface area contributed by atoms with Gasteiger partial charge in [0.2, 0.25) is 0 Å². The number of amides is 1. The molecule has 0 radical (unpaired) electrons. The number of nitrogens with one attached hydrogen (secondary N) is 1. The Bertz CT molecular complexity index is 1810. The minimum atomic E-state index is -2.78. The number of hydrogen-bond donors (Lipinski definition) is 1. The van der Waals surface area contributed by atoms with E-state index in [1.54, 1.807) is 42.3 Å². The lowest BCUT2D eigenvalue weighted by molar-refractivity contribution is 0.0292. The van der Waals surface area contributed by atoms with Gasteiger partial charge in [0.1, 0.15) is 28.8 Å². The predicted octanol–water partition coefficient (Wildman–Crippen LogP) is 7.47. The lowest BCUT2D eigenvalue weighted by Crippen LogP contribution is -2.39. The van der Waals surface area contributed by atoms with Crippen molar-refractivity contribution in [3.63, 3.8) is 0 Å². The number of ether oxygens (including phenoxy) is 2. The number of alkyl halides is 3. The number of benzene rings is 2. The molecule has 0 spiro atoms. The third kappa shape index (κ3) is 7.66. The lowest BCUT2D eigenvalue weighted by atomic mass is 9.96. The van der Waals surface area contributed by atoms with Crippen molar-refractivity contribution in [2.75, 3.05) is 44.7 Å². The Morgan fingerprint density at radius 1 is 1.14 bits per heavy atom. The van der Waals surface area contributed by atoms with Crippen LogP contribution >= 0.6 is 0 Å². The van der Waals surface area contributed by atoms with Crippen molar-refractivity contribution < 1.29 is 31.8 Å². The summed E-state index contributed by atoms with van der Waals surface area (Å²) in [5.74, 6) is -0.555. The van der Waals surface area contributed by atoms with Gasteiger partial charge in [0.05, 0.1) is 12.0 Å². The van der Waals surface area contributed by atoms with E-state index >= 15 is 4.39 Å². The van der Waals surface area contributed by atoms with Crippen molar-refractivity contribution in [2.45, 2.75) is 70.7 Å². The van der Waals surface area contributed by atoms with E-state index in [-0.39, 0.29) is 58.8 Å². The Labute approximate surface area is 283 Å². The van der Waals surface area contributed by atoms with Crippen molar-refractivity contribution in [1.82, 2.24) is 25.2 Å². The van der Waals surface area contributed by atoms with Crippen molar-refractivity contribution in [3.05, 3.63) is 54.0 Å². The Hall–Kier alpha value is -4.26. The summed E-state index contributed by atoms with van der Waals surface area (Å²) >= 11 is 0. The van der Waals surface area contributed by atoms with E-state index < -0.39 is 30.1 Å². The second-order valence-electron chi connectivity index (χ2n) is 13.9. The normalized spacial score (nSPS) is 20.4. The highest BCUT2D eigenvalue weighted by Crippen LogP contribution is 2.39. The molecule has 1 amide bonds. The molecule has 0 unspecified atom stereocenters. The molecule has 0 aliphatic carbocycles. The number of aromatic nitrogens is 3. The van der Waals surface area contributed by atoms with E-state index in [1.165, 1.54) is 12.3 Å². The first-order valence-corrected chi connectivity index (χ1v) is 16.7. The number of rotatable bonds is 7. The zero-order valence-electron chi connectivity index (χ0n) is 28.2. The smallest absolute Gasteiger partial charge is 0.410 e. The standard InChI is InChI=1S/C36H42F4N6O3/c1-36(2,3)49-35(47)46-15-13-24(19-46)45(4)33-27-18-42-30(25-11-5-9-22-10-6-12-26(28(22)25)32(39)40)29(38)31(27)43-34(44-33)48-20-21-8-7-14-41-17-23(37)16-21/h5-6,9-12,18,21,23-24,32,41H,7-8,13-17,19-20H2,1-4H3/t21-,23-,24-/m1/s1. The number of carbonyl (C=O) groups is 1. The second-order valence-corrected chi connectivity index (χ2v) is 13.9. The van der Waals surface area contributed by atoms with Gasteiger partial charge in [0.15, 0.2) is 5.82 Å². The minimum absolute atomic E-state index is 0.0869. The van der Waals surface area contributed by atoms with Crippen LogP contribution in [0.1, 0.15) is 58.4 Å². The summed E-state index contributed by atoms with van der Waals surface area (Å²) in [4.78, 5) is 29.9. The topological polar surface area (TPSA) is 92.7 Å². The minimum Gasteiger partial charge on any atom is -0.463 e. The Morgan fingerprint density at radius 3 is 2.67 bits per heavy atom. The molecule has 3 atom stereocenters. The van der Waals surface area contributed by atoms with Crippen LogP contribution in [0.15, 0.2) is 42.6 Å². The Kier molecular flexibility index (Phi) is 10.1. The number of likely N-dealkylation sites (tertiary alicyclic amines) is 1. The first kappa shape index (κ1) is 34.6. The van der Waals surface area contributed by atoms with Crippen LogP contribution < -0.4 is 15.0 Å². The third-order valence-electron chi connectivity index (χ3n) is 9.14. The van der Waals surface area contributed by atoms with Gasteiger partial charge in [-0.1, -0.05) is 36.4 Å². The second kappa shape index (κ2) is 14.3. The summed E-state index contributed by atoms with van der Waals surface area (Å²) in [5, 5.41) is 4.13. The quantitative estimate of drug-likeness (QED) is 0.201. The molecule has 0 saturated carbocycles. The SMILES string of the molecule is CN(c1nc(OC[C@@H]2CCCNC[C@H](F)C2)nc2c(F)c(-c3cccc4cccc(C(F)F)c34)ncc12)[C@@H]1CCN(C(=O)OC(C)(C)C)C1. The highest BCUT2D eigenvalue weighted by molar-refractivity contribution is 6.00. The first-order valence-electron chi connectivity index (χ1n) is 16.7. The molecular formula is C36H42F4N6O3. The van der Waals surface area contributed by atoms with E-state index in [9.17, 15) is 18.0 Å². The summed E-state index contributed by atoms with van der Waals surface area (Å²) in [5.41, 5.74) is -0.876. The van der Waals surface area contributed by atoms with Gasteiger partial charge < -0.3 is 24.6 Å². The van der Waals surface area contributed by atoms with Crippen LogP contribution in [-0.2, 0) is 4.74 Å². The Morgan fingerprint density at radius 2 is 1.92 bits per heavy atom. The largest absolute Gasteiger partial charge is 0.463 e. The molecule has 4 aromatic rings. The average molecular weight is 683 g/mol. The van der Waals surface area contributed by atoms with Crippen molar-refractivity contribution in [3.8, 4) is 17.3 Å². The zero-order valence-corrected chi connectivity index (χ0v) is 28.2. The average Bonchev–Trinajstić information content (AvgIpc) is 3.55. The van der Waals surface area contributed by atoms with Gasteiger partial charge >= 0.3 is 12.1 Å². The number of likely N-dealkylation sites (N-methyl/N-ethyl adjacent to an activating group) is 1. The fourth-order valence-corrected chi connectivity index (χ4v) is 6.70. The molecule has 9 nitrogen and oxygen atoms in total. The number of nitrogens with zero attached hydrogens (tertiary/aromatic N) is 5. The zero-order chi connectivity index (χ0) is 34.9. The van der Waals surface area contributed by atoms with Crippen LogP contribution in [0.4, 0.5) is 28.2 Å². The van der Waals surface area contributed by atoms with E-state index in [0.29, 0.717) is 49.1 Å². The highest BCUT2D eigenvalue weighted by atomic mass is 19.3. The molecule has 2 saturated heterocycles. The fraction of sp³-hybridized carbons (Fsp3) is 0.500. The van der Waals surface area contributed by atoms with Crippen LogP contribution in [0.25, 0.3) is 32.9 Å². The maximum absolute atomic E-state index is 16.7. The summed E-state index contributed by atoms with van der Waals surface area (Å²) in [6.45, 7) is 7.37. The van der Waals surface area contributed by atoms with Gasteiger partial charge in [-0.15, -0.1) is 0 Å². The van der Waals surface area contributed by atoms with Crippen LogP contribution in [0.3, 0.4) is 0 Å². The maximum atomic E-state index is 16.7. The molecule has 13 heteroatoms. The summed E-state index contributed by atoms with van der Waals surface area (Å²) < 4.78 is 71.2. The summed E-state index contributed by atoms with van der Waals surface area (Å²) in [6, 6.07) is 9.21. The van der Waals surface area contributed by atoms with Crippen molar-refractivity contribution in [1.29, 1.82) is 0 Å². The molecule has 2 aliphatic heterocycles.